The fraction of sp³-hybridized carbons (Fsp3) is 0.529. The highest BCUT2D eigenvalue weighted by molar-refractivity contribution is 5.94. The highest BCUT2D eigenvalue weighted by atomic mass is 16.5. The molecule has 1 saturated heterocycles. The van der Waals surface area contributed by atoms with Crippen LogP contribution in [0, 0.1) is 0 Å². The van der Waals surface area contributed by atoms with E-state index in [1.807, 2.05) is 4.90 Å². The summed E-state index contributed by atoms with van der Waals surface area (Å²) in [5.41, 5.74) is 0.600. The lowest BCUT2D eigenvalue weighted by Crippen LogP contribution is -2.29. The first-order valence-corrected chi connectivity index (χ1v) is 8.57. The Labute approximate surface area is 140 Å². The van der Waals surface area contributed by atoms with Gasteiger partial charge >= 0.3 is 0 Å². The third kappa shape index (κ3) is 3.11. The molecule has 2 aromatic rings. The lowest BCUT2D eigenvalue weighted by Gasteiger charge is -2.17. The highest BCUT2D eigenvalue weighted by Crippen LogP contribution is 2.24. The van der Waals surface area contributed by atoms with Crippen LogP contribution in [0.15, 0.2) is 30.7 Å². The molecule has 7 nitrogen and oxygen atoms in total. The van der Waals surface area contributed by atoms with Crippen molar-refractivity contribution in [2.45, 2.75) is 44.2 Å². The van der Waals surface area contributed by atoms with E-state index in [-0.39, 0.29) is 18.1 Å². The molecule has 24 heavy (non-hydrogen) atoms. The number of hydrogen-bond donors (Lipinski definition) is 0. The normalized spacial score (nSPS) is 21.3. The van der Waals surface area contributed by atoms with Gasteiger partial charge in [0.2, 0.25) is 5.88 Å². The lowest BCUT2D eigenvalue weighted by atomic mass is 10.2. The van der Waals surface area contributed by atoms with Crippen LogP contribution in [0.1, 0.15) is 48.5 Å². The van der Waals surface area contributed by atoms with Gasteiger partial charge in [-0.1, -0.05) is 0 Å². The molecule has 1 saturated carbocycles. The number of amides is 1. The fourth-order valence-corrected chi connectivity index (χ4v) is 3.47. The zero-order valence-corrected chi connectivity index (χ0v) is 13.5. The van der Waals surface area contributed by atoms with Gasteiger partial charge in [-0.05, 0) is 38.2 Å². The van der Waals surface area contributed by atoms with Crippen molar-refractivity contribution in [1.82, 2.24) is 24.9 Å². The SMILES string of the molecule is O=C(c1ccc(OC2CCCC2)nc1)N1CCC(n2nccn2)C1. The van der Waals surface area contributed by atoms with Crippen LogP contribution in [-0.2, 0) is 0 Å². The van der Waals surface area contributed by atoms with Crippen molar-refractivity contribution >= 4 is 5.91 Å². The molecule has 1 aliphatic heterocycles. The molecule has 7 heteroatoms. The average Bonchev–Trinajstić information content (AvgIpc) is 3.36. The molecule has 1 atom stereocenters. The number of ether oxygens (including phenoxy) is 1. The Balaban J connectivity index is 1.37. The number of hydrogen-bond acceptors (Lipinski definition) is 5. The molecule has 1 aliphatic carbocycles. The molecule has 0 spiro atoms. The van der Waals surface area contributed by atoms with E-state index >= 15 is 0 Å². The van der Waals surface area contributed by atoms with E-state index in [2.05, 4.69) is 15.2 Å². The topological polar surface area (TPSA) is 73.1 Å². The van der Waals surface area contributed by atoms with Gasteiger partial charge in [-0.3, -0.25) is 4.79 Å². The first-order valence-electron chi connectivity index (χ1n) is 8.57. The number of pyridine rings is 1. The van der Waals surface area contributed by atoms with Crippen LogP contribution in [-0.4, -0.2) is 50.0 Å². The second kappa shape index (κ2) is 6.59. The van der Waals surface area contributed by atoms with Crippen molar-refractivity contribution < 1.29 is 9.53 Å². The predicted octanol–water partition coefficient (Wildman–Crippen LogP) is 2.08. The maximum atomic E-state index is 12.6. The molecule has 1 unspecified atom stereocenters. The maximum absolute atomic E-state index is 12.6. The zero-order valence-electron chi connectivity index (χ0n) is 13.5. The van der Waals surface area contributed by atoms with Crippen LogP contribution in [0.3, 0.4) is 0 Å². The second-order valence-electron chi connectivity index (χ2n) is 6.45. The van der Waals surface area contributed by atoms with E-state index in [4.69, 9.17) is 4.74 Å². The molecule has 0 radical (unpaired) electrons. The molecule has 126 valence electrons. The highest BCUT2D eigenvalue weighted by Gasteiger charge is 2.29. The summed E-state index contributed by atoms with van der Waals surface area (Å²) in [6.07, 6.45) is 10.7. The van der Waals surface area contributed by atoms with Gasteiger partial charge in [-0.2, -0.15) is 15.0 Å². The Morgan fingerprint density at radius 2 is 1.92 bits per heavy atom. The molecule has 2 aromatic heterocycles. The van der Waals surface area contributed by atoms with Crippen LogP contribution in [0.4, 0.5) is 0 Å². The van der Waals surface area contributed by atoms with E-state index in [1.165, 1.54) is 12.8 Å². The van der Waals surface area contributed by atoms with Crippen molar-refractivity contribution in [3.05, 3.63) is 36.3 Å². The largest absolute Gasteiger partial charge is 0.474 e. The van der Waals surface area contributed by atoms with Crippen LogP contribution in [0.2, 0.25) is 0 Å². The number of aromatic nitrogens is 4. The number of likely N-dealkylation sites (tertiary alicyclic amines) is 1. The van der Waals surface area contributed by atoms with Crippen LogP contribution in [0.25, 0.3) is 0 Å². The summed E-state index contributed by atoms with van der Waals surface area (Å²) in [7, 11) is 0. The third-order valence-corrected chi connectivity index (χ3v) is 4.79. The molecule has 2 aliphatic rings. The van der Waals surface area contributed by atoms with Gasteiger partial charge in [-0.15, -0.1) is 0 Å². The summed E-state index contributed by atoms with van der Waals surface area (Å²) in [6, 6.07) is 3.76. The maximum Gasteiger partial charge on any atom is 0.255 e. The van der Waals surface area contributed by atoms with Gasteiger partial charge in [-0.25, -0.2) is 4.98 Å². The van der Waals surface area contributed by atoms with Crippen LogP contribution in [0.5, 0.6) is 5.88 Å². The average molecular weight is 327 g/mol. The molecule has 1 amide bonds. The van der Waals surface area contributed by atoms with Gasteiger partial charge in [0.1, 0.15) is 6.10 Å². The Morgan fingerprint density at radius 3 is 2.62 bits per heavy atom. The Hall–Kier alpha value is -2.44. The van der Waals surface area contributed by atoms with Gasteiger partial charge in [0, 0.05) is 25.4 Å². The van der Waals surface area contributed by atoms with Crippen molar-refractivity contribution in [1.29, 1.82) is 0 Å². The van der Waals surface area contributed by atoms with Crippen LogP contribution >= 0.6 is 0 Å². The predicted molar refractivity (Wildman–Crippen MR) is 86.7 cm³/mol. The summed E-state index contributed by atoms with van der Waals surface area (Å²) < 4.78 is 5.85. The second-order valence-corrected chi connectivity index (χ2v) is 6.45. The molecule has 4 rings (SSSR count). The molecular formula is C17H21N5O2. The molecular weight excluding hydrogens is 306 g/mol. The van der Waals surface area contributed by atoms with Gasteiger partial charge in [0.25, 0.3) is 5.91 Å². The van der Waals surface area contributed by atoms with Crippen LogP contribution < -0.4 is 4.74 Å². The summed E-state index contributed by atoms with van der Waals surface area (Å²) in [5.74, 6) is 0.614. The Bertz CT molecular complexity index is 680. The minimum Gasteiger partial charge on any atom is -0.474 e. The van der Waals surface area contributed by atoms with Crippen molar-refractivity contribution in [2.24, 2.45) is 0 Å². The summed E-state index contributed by atoms with van der Waals surface area (Å²) in [6.45, 7) is 1.35. The number of carbonyl (C=O) groups is 1. The molecule has 0 aromatic carbocycles. The quantitative estimate of drug-likeness (QED) is 0.859. The van der Waals surface area contributed by atoms with E-state index < -0.39 is 0 Å². The van der Waals surface area contributed by atoms with Gasteiger partial charge in [0.15, 0.2) is 0 Å². The number of carbonyl (C=O) groups excluding carboxylic acids is 1. The van der Waals surface area contributed by atoms with E-state index in [9.17, 15) is 4.79 Å². The summed E-state index contributed by atoms with van der Waals surface area (Å²) in [4.78, 5) is 20.4. The van der Waals surface area contributed by atoms with E-state index in [0.717, 1.165) is 19.3 Å². The summed E-state index contributed by atoms with van der Waals surface area (Å²) in [5, 5.41) is 8.33. The monoisotopic (exact) mass is 327 g/mol. The summed E-state index contributed by atoms with van der Waals surface area (Å²) >= 11 is 0. The van der Waals surface area contributed by atoms with E-state index in [0.29, 0.717) is 24.5 Å². The Kier molecular flexibility index (Phi) is 4.15. The zero-order chi connectivity index (χ0) is 16.4. The first-order chi connectivity index (χ1) is 11.8. The number of rotatable bonds is 4. The standard InChI is InChI=1S/C17H21N5O2/c23-17(21-10-7-14(12-21)22-19-8-9-20-22)13-5-6-16(18-11-13)24-15-3-1-2-4-15/h5-6,8-9,11,14-15H,1-4,7,10,12H2. The molecule has 2 fully saturated rings. The Morgan fingerprint density at radius 1 is 1.12 bits per heavy atom. The lowest BCUT2D eigenvalue weighted by molar-refractivity contribution is 0.0785. The van der Waals surface area contributed by atoms with Crippen molar-refractivity contribution in [3.63, 3.8) is 0 Å². The minimum absolute atomic E-state index is 0.00423. The molecule has 0 N–H and O–H groups in total. The van der Waals surface area contributed by atoms with Gasteiger partial charge in [0.05, 0.1) is 24.0 Å². The third-order valence-electron chi connectivity index (χ3n) is 4.79. The smallest absolute Gasteiger partial charge is 0.255 e. The van der Waals surface area contributed by atoms with Gasteiger partial charge < -0.3 is 9.64 Å². The molecule has 3 heterocycles. The fourth-order valence-electron chi connectivity index (χ4n) is 3.47. The van der Waals surface area contributed by atoms with Crippen molar-refractivity contribution in [3.8, 4) is 5.88 Å². The van der Waals surface area contributed by atoms with E-state index in [1.54, 1.807) is 35.5 Å². The minimum atomic E-state index is 0.00423. The molecule has 0 bridgehead atoms. The number of nitrogens with zero attached hydrogens (tertiary/aromatic N) is 5. The first kappa shape index (κ1) is 15.1. The van der Waals surface area contributed by atoms with Crippen molar-refractivity contribution in [2.75, 3.05) is 13.1 Å².